The molecular weight excluding hydrogens is 394 g/mol. The molecule has 0 aliphatic carbocycles. The zero-order valence-corrected chi connectivity index (χ0v) is 16.6. The van der Waals surface area contributed by atoms with Gasteiger partial charge < -0.3 is 4.90 Å². The van der Waals surface area contributed by atoms with Crippen molar-refractivity contribution in [3.05, 3.63) is 59.7 Å². The molecule has 3 rings (SSSR count). The summed E-state index contributed by atoms with van der Waals surface area (Å²) in [5.74, 6) is -1.82. The maximum absolute atomic E-state index is 13.3. The second-order valence-corrected chi connectivity index (χ2v) is 8.27. The summed E-state index contributed by atoms with van der Waals surface area (Å²) in [7, 11) is -3.97. The summed E-state index contributed by atoms with van der Waals surface area (Å²) in [6.07, 6.45) is 2.23. The fraction of sp³-hybridized carbons (Fsp3) is 0.368. The molecule has 0 amide bonds. The summed E-state index contributed by atoms with van der Waals surface area (Å²) in [5.41, 5.74) is 1.57. The highest BCUT2D eigenvalue weighted by atomic mass is 35.5. The lowest BCUT2D eigenvalue weighted by Crippen LogP contribution is -2.20. The molecule has 0 spiro atoms. The van der Waals surface area contributed by atoms with E-state index in [1.54, 1.807) is 12.1 Å². The molecule has 0 unspecified atom stereocenters. The Bertz CT molecular complexity index is 876. The first-order valence-electron chi connectivity index (χ1n) is 8.69. The molecule has 1 N–H and O–H groups in total. The van der Waals surface area contributed by atoms with E-state index in [1.165, 1.54) is 5.56 Å². The van der Waals surface area contributed by atoms with Gasteiger partial charge in [0.25, 0.3) is 10.0 Å². The average molecular weight is 417 g/mol. The maximum Gasteiger partial charge on any atom is 0.261 e. The highest BCUT2D eigenvalue weighted by Crippen LogP contribution is 2.28. The minimum absolute atomic E-state index is 0. The molecule has 1 heterocycles. The molecule has 1 aliphatic rings. The molecule has 4 nitrogen and oxygen atoms in total. The van der Waals surface area contributed by atoms with Crippen LogP contribution in [0.15, 0.2) is 47.4 Å². The third-order valence-electron chi connectivity index (χ3n) is 4.65. The molecule has 148 valence electrons. The Morgan fingerprint density at radius 2 is 1.81 bits per heavy atom. The van der Waals surface area contributed by atoms with Gasteiger partial charge in [0.2, 0.25) is 0 Å². The van der Waals surface area contributed by atoms with Crippen LogP contribution in [0.25, 0.3) is 0 Å². The molecule has 8 heteroatoms. The van der Waals surface area contributed by atoms with Crippen molar-refractivity contribution in [2.24, 2.45) is 0 Å². The topological polar surface area (TPSA) is 49.4 Å². The summed E-state index contributed by atoms with van der Waals surface area (Å²) >= 11 is 0. The van der Waals surface area contributed by atoms with Crippen LogP contribution in [0.5, 0.6) is 0 Å². The van der Waals surface area contributed by atoms with E-state index in [4.69, 9.17) is 0 Å². The Labute approximate surface area is 165 Å². The van der Waals surface area contributed by atoms with Gasteiger partial charge in [-0.1, -0.05) is 19.1 Å². The van der Waals surface area contributed by atoms with Gasteiger partial charge in [-0.3, -0.25) is 4.72 Å². The number of benzene rings is 2. The molecule has 0 bridgehead atoms. The first-order chi connectivity index (χ1) is 12.4. The van der Waals surface area contributed by atoms with E-state index in [0.717, 1.165) is 44.6 Å². The Morgan fingerprint density at radius 1 is 1.11 bits per heavy atom. The van der Waals surface area contributed by atoms with Crippen molar-refractivity contribution >= 4 is 28.1 Å². The zero-order chi connectivity index (χ0) is 18.7. The average Bonchev–Trinajstić information content (AvgIpc) is 3.06. The van der Waals surface area contributed by atoms with Crippen LogP contribution in [0.3, 0.4) is 0 Å². The van der Waals surface area contributed by atoms with Gasteiger partial charge in [-0.2, -0.15) is 0 Å². The third kappa shape index (κ3) is 5.18. The molecule has 1 atom stereocenters. The van der Waals surface area contributed by atoms with Crippen LogP contribution < -0.4 is 4.72 Å². The van der Waals surface area contributed by atoms with Gasteiger partial charge in [-0.15, -0.1) is 12.4 Å². The van der Waals surface area contributed by atoms with E-state index >= 15 is 0 Å². The van der Waals surface area contributed by atoms with Gasteiger partial charge in [0, 0.05) is 12.2 Å². The lowest BCUT2D eigenvalue weighted by atomic mass is 9.98. The number of hydrogen-bond acceptors (Lipinski definition) is 3. The zero-order valence-electron chi connectivity index (χ0n) is 15.0. The maximum atomic E-state index is 13.3. The van der Waals surface area contributed by atoms with Gasteiger partial charge in [0.05, 0.1) is 4.90 Å². The van der Waals surface area contributed by atoms with Crippen molar-refractivity contribution < 1.29 is 17.2 Å². The summed E-state index contributed by atoms with van der Waals surface area (Å²) in [4.78, 5) is 2.12. The van der Waals surface area contributed by atoms with Gasteiger partial charge in [0.15, 0.2) is 11.6 Å². The summed E-state index contributed by atoms with van der Waals surface area (Å²) in [6.45, 7) is 5.38. The largest absolute Gasteiger partial charge is 0.303 e. The van der Waals surface area contributed by atoms with E-state index in [-0.39, 0.29) is 17.3 Å². The van der Waals surface area contributed by atoms with Crippen LogP contribution >= 0.6 is 12.4 Å². The quantitative estimate of drug-likeness (QED) is 0.759. The lowest BCUT2D eigenvalue weighted by Gasteiger charge is -2.15. The predicted octanol–water partition coefficient (Wildman–Crippen LogP) is 4.39. The molecule has 1 aliphatic heterocycles. The monoisotopic (exact) mass is 416 g/mol. The van der Waals surface area contributed by atoms with Crippen LogP contribution in [0.2, 0.25) is 0 Å². The SMILES string of the molecule is CCCN1CC[C@@H](c2ccc(NS(=O)(=O)c3ccc(F)c(F)c3)cc2)C1.Cl. The van der Waals surface area contributed by atoms with E-state index < -0.39 is 21.7 Å². The van der Waals surface area contributed by atoms with Crippen LogP contribution in [-0.4, -0.2) is 33.0 Å². The van der Waals surface area contributed by atoms with Crippen molar-refractivity contribution in [3.8, 4) is 0 Å². The smallest absolute Gasteiger partial charge is 0.261 e. The first kappa shape index (κ1) is 21.6. The predicted molar refractivity (Wildman–Crippen MR) is 105 cm³/mol. The summed E-state index contributed by atoms with van der Waals surface area (Å²) in [6, 6.07) is 9.76. The Balaban J connectivity index is 0.00000261. The number of hydrogen-bond donors (Lipinski definition) is 1. The molecule has 2 aromatic carbocycles. The molecule has 27 heavy (non-hydrogen) atoms. The standard InChI is InChI=1S/C19H22F2N2O2S.ClH/c1-2-10-23-11-9-15(13-23)14-3-5-16(6-4-14)22-26(24,25)17-7-8-18(20)19(21)12-17;/h3-8,12,15,22H,2,9-11,13H2,1H3;1H/t15-;/m1./s1. The minimum Gasteiger partial charge on any atom is -0.303 e. The second kappa shape index (κ2) is 8.99. The second-order valence-electron chi connectivity index (χ2n) is 6.59. The van der Waals surface area contributed by atoms with Crippen molar-refractivity contribution in [3.63, 3.8) is 0 Å². The van der Waals surface area contributed by atoms with Crippen molar-refractivity contribution in [2.75, 3.05) is 24.4 Å². The summed E-state index contributed by atoms with van der Waals surface area (Å²) in [5, 5.41) is 0. The highest BCUT2D eigenvalue weighted by molar-refractivity contribution is 7.92. The molecular formula is C19H23ClF2N2O2S. The number of halogens is 3. The van der Waals surface area contributed by atoms with Gasteiger partial charge in [-0.25, -0.2) is 17.2 Å². The molecule has 0 radical (unpaired) electrons. The van der Waals surface area contributed by atoms with Gasteiger partial charge >= 0.3 is 0 Å². The molecule has 2 aromatic rings. The highest BCUT2D eigenvalue weighted by Gasteiger charge is 2.23. The van der Waals surface area contributed by atoms with E-state index in [2.05, 4.69) is 16.5 Å². The Hall–Kier alpha value is -1.70. The lowest BCUT2D eigenvalue weighted by molar-refractivity contribution is 0.335. The third-order valence-corrected chi connectivity index (χ3v) is 6.03. The molecule has 0 aromatic heterocycles. The fourth-order valence-corrected chi connectivity index (χ4v) is 4.38. The normalized spacial score (nSPS) is 17.5. The van der Waals surface area contributed by atoms with E-state index in [0.29, 0.717) is 17.7 Å². The number of nitrogens with one attached hydrogen (secondary N) is 1. The Morgan fingerprint density at radius 3 is 2.44 bits per heavy atom. The van der Waals surface area contributed by atoms with Gasteiger partial charge in [0.1, 0.15) is 0 Å². The Kier molecular flexibility index (Phi) is 7.19. The minimum atomic E-state index is -3.97. The van der Waals surface area contributed by atoms with Crippen LogP contribution in [0.1, 0.15) is 31.2 Å². The van der Waals surface area contributed by atoms with E-state index in [9.17, 15) is 17.2 Å². The number of nitrogens with zero attached hydrogens (tertiary/aromatic N) is 1. The fourth-order valence-electron chi connectivity index (χ4n) is 3.31. The van der Waals surface area contributed by atoms with E-state index in [1.807, 2.05) is 12.1 Å². The number of likely N-dealkylation sites (tertiary alicyclic amines) is 1. The number of rotatable bonds is 6. The van der Waals surface area contributed by atoms with Gasteiger partial charge in [-0.05, 0) is 67.7 Å². The molecule has 1 fully saturated rings. The molecule has 1 saturated heterocycles. The summed E-state index contributed by atoms with van der Waals surface area (Å²) < 4.78 is 53.3. The van der Waals surface area contributed by atoms with Crippen LogP contribution in [-0.2, 0) is 10.0 Å². The van der Waals surface area contributed by atoms with Crippen LogP contribution in [0, 0.1) is 11.6 Å². The van der Waals surface area contributed by atoms with Crippen LogP contribution in [0.4, 0.5) is 14.5 Å². The molecule has 0 saturated carbocycles. The number of anilines is 1. The van der Waals surface area contributed by atoms with Crippen molar-refractivity contribution in [2.45, 2.75) is 30.6 Å². The van der Waals surface area contributed by atoms with Crippen molar-refractivity contribution in [1.82, 2.24) is 4.90 Å². The first-order valence-corrected chi connectivity index (χ1v) is 10.2. The van der Waals surface area contributed by atoms with Crippen molar-refractivity contribution in [1.29, 1.82) is 0 Å². The number of sulfonamides is 1.